The molecule has 27 heavy (non-hydrogen) atoms. The summed E-state index contributed by atoms with van der Waals surface area (Å²) in [5.41, 5.74) is 1.05. The maximum absolute atomic E-state index is 12.4. The molecule has 2 amide bonds. The van der Waals surface area contributed by atoms with Crippen molar-refractivity contribution < 1.29 is 18.4 Å². The van der Waals surface area contributed by atoms with Crippen molar-refractivity contribution in [2.24, 2.45) is 0 Å². The number of fused-ring (bicyclic) bond motifs is 1. The highest BCUT2D eigenvalue weighted by Crippen LogP contribution is 2.15. The van der Waals surface area contributed by atoms with Gasteiger partial charge < -0.3 is 19.1 Å². The molecule has 4 rings (SSSR count). The summed E-state index contributed by atoms with van der Waals surface area (Å²) in [7, 11) is 0. The number of carbonyl (C=O) groups is 2. The molecule has 1 aromatic carbocycles. The van der Waals surface area contributed by atoms with Crippen LogP contribution in [0.25, 0.3) is 11.1 Å². The van der Waals surface area contributed by atoms with Gasteiger partial charge in [-0.15, -0.1) is 0 Å². The summed E-state index contributed by atoms with van der Waals surface area (Å²) in [5.74, 6) is -0.616. The van der Waals surface area contributed by atoms with Gasteiger partial charge in [-0.2, -0.15) is 0 Å². The average Bonchev–Trinajstić information content (AvgIpc) is 3.31. The molecule has 8 heteroatoms. The number of nitrogens with zero attached hydrogens (tertiary/aromatic N) is 2. The van der Waals surface area contributed by atoms with Gasteiger partial charge in [0.2, 0.25) is 5.91 Å². The number of carbonyl (C=O) groups excluding carboxylic acids is 2. The molecule has 3 heterocycles. The SMILES string of the molecule is O=C(Cn1c(=O)oc2ccccc21)NC1CCN(C(=O)c2ccco2)CC1. The number of amides is 2. The van der Waals surface area contributed by atoms with Crippen LogP contribution in [0.5, 0.6) is 0 Å². The maximum atomic E-state index is 12.4. The zero-order chi connectivity index (χ0) is 18.8. The molecule has 2 aromatic heterocycles. The molecule has 3 aromatic rings. The Hall–Kier alpha value is -3.29. The van der Waals surface area contributed by atoms with E-state index in [2.05, 4.69) is 5.32 Å². The molecular weight excluding hydrogens is 350 g/mol. The van der Waals surface area contributed by atoms with Gasteiger partial charge in [0.05, 0.1) is 11.8 Å². The Morgan fingerprint density at radius 2 is 1.89 bits per heavy atom. The van der Waals surface area contributed by atoms with E-state index < -0.39 is 5.76 Å². The smallest absolute Gasteiger partial charge is 0.420 e. The molecule has 8 nitrogen and oxygen atoms in total. The Morgan fingerprint density at radius 3 is 2.63 bits per heavy atom. The van der Waals surface area contributed by atoms with Crippen LogP contribution in [0.3, 0.4) is 0 Å². The third-order valence-electron chi connectivity index (χ3n) is 4.75. The first kappa shape index (κ1) is 17.1. The van der Waals surface area contributed by atoms with E-state index in [1.165, 1.54) is 10.8 Å². The molecule has 0 radical (unpaired) electrons. The quantitative estimate of drug-likeness (QED) is 0.753. The number of hydrogen-bond acceptors (Lipinski definition) is 5. The number of likely N-dealkylation sites (tertiary alicyclic amines) is 1. The molecule has 1 aliphatic heterocycles. The van der Waals surface area contributed by atoms with Gasteiger partial charge in [0.15, 0.2) is 11.3 Å². The van der Waals surface area contributed by atoms with E-state index in [4.69, 9.17) is 8.83 Å². The second kappa shape index (κ2) is 7.14. The maximum Gasteiger partial charge on any atom is 0.420 e. The second-order valence-corrected chi connectivity index (χ2v) is 6.53. The zero-order valence-electron chi connectivity index (χ0n) is 14.6. The molecule has 140 valence electrons. The van der Waals surface area contributed by atoms with Crippen LogP contribution in [0.2, 0.25) is 0 Å². The van der Waals surface area contributed by atoms with Crippen LogP contribution in [0, 0.1) is 0 Å². The van der Waals surface area contributed by atoms with Gasteiger partial charge in [0.1, 0.15) is 6.54 Å². The normalized spacial score (nSPS) is 15.2. The van der Waals surface area contributed by atoms with Gasteiger partial charge in [-0.1, -0.05) is 12.1 Å². The number of benzene rings is 1. The third kappa shape index (κ3) is 3.51. The molecule has 1 aliphatic rings. The number of nitrogens with one attached hydrogen (secondary N) is 1. The summed E-state index contributed by atoms with van der Waals surface area (Å²) < 4.78 is 11.6. The first-order valence-corrected chi connectivity index (χ1v) is 8.82. The van der Waals surface area contributed by atoms with E-state index in [9.17, 15) is 14.4 Å². The Morgan fingerprint density at radius 1 is 1.11 bits per heavy atom. The van der Waals surface area contributed by atoms with Crippen molar-refractivity contribution in [2.45, 2.75) is 25.4 Å². The fourth-order valence-corrected chi connectivity index (χ4v) is 3.36. The number of oxazole rings is 1. The highest BCUT2D eigenvalue weighted by molar-refractivity contribution is 5.91. The topological polar surface area (TPSA) is 97.7 Å². The summed E-state index contributed by atoms with van der Waals surface area (Å²) in [6.45, 7) is 0.986. The molecule has 1 fully saturated rings. The Kier molecular flexibility index (Phi) is 4.53. The van der Waals surface area contributed by atoms with E-state index >= 15 is 0 Å². The third-order valence-corrected chi connectivity index (χ3v) is 4.75. The van der Waals surface area contributed by atoms with E-state index in [0.29, 0.717) is 42.8 Å². The fraction of sp³-hybridized carbons (Fsp3) is 0.316. The summed E-state index contributed by atoms with van der Waals surface area (Å²) in [6, 6.07) is 10.3. The number of piperidine rings is 1. The number of para-hydroxylation sites is 2. The van der Waals surface area contributed by atoms with Crippen LogP contribution in [-0.2, 0) is 11.3 Å². The van der Waals surface area contributed by atoms with Gasteiger partial charge in [-0.3, -0.25) is 14.2 Å². The van der Waals surface area contributed by atoms with Crippen molar-refractivity contribution in [3.63, 3.8) is 0 Å². The molecule has 1 saturated heterocycles. The van der Waals surface area contributed by atoms with Gasteiger partial charge in [-0.25, -0.2) is 4.79 Å². The van der Waals surface area contributed by atoms with Crippen molar-refractivity contribution in [1.29, 1.82) is 0 Å². The van der Waals surface area contributed by atoms with Crippen molar-refractivity contribution >= 4 is 22.9 Å². The molecule has 0 atom stereocenters. The van der Waals surface area contributed by atoms with Crippen molar-refractivity contribution in [1.82, 2.24) is 14.8 Å². The van der Waals surface area contributed by atoms with Gasteiger partial charge in [-0.05, 0) is 37.1 Å². The number of hydrogen-bond donors (Lipinski definition) is 1. The first-order valence-electron chi connectivity index (χ1n) is 8.82. The molecule has 0 unspecified atom stereocenters. The van der Waals surface area contributed by atoms with Crippen molar-refractivity contribution in [3.8, 4) is 0 Å². The number of rotatable bonds is 4. The van der Waals surface area contributed by atoms with E-state index in [1.54, 1.807) is 41.3 Å². The lowest BCUT2D eigenvalue weighted by molar-refractivity contribution is -0.122. The second-order valence-electron chi connectivity index (χ2n) is 6.53. The lowest BCUT2D eigenvalue weighted by atomic mass is 10.0. The Bertz CT molecular complexity index is 1010. The minimum atomic E-state index is -0.551. The summed E-state index contributed by atoms with van der Waals surface area (Å²) in [6.07, 6.45) is 2.78. The van der Waals surface area contributed by atoms with Gasteiger partial charge in [0.25, 0.3) is 5.91 Å². The number of aromatic nitrogens is 1. The van der Waals surface area contributed by atoms with Gasteiger partial charge >= 0.3 is 5.76 Å². The summed E-state index contributed by atoms with van der Waals surface area (Å²) in [4.78, 5) is 38.3. The molecule has 0 aliphatic carbocycles. The monoisotopic (exact) mass is 369 g/mol. The largest absolute Gasteiger partial charge is 0.459 e. The van der Waals surface area contributed by atoms with Crippen molar-refractivity contribution in [2.75, 3.05) is 13.1 Å². The minimum Gasteiger partial charge on any atom is -0.459 e. The van der Waals surface area contributed by atoms with Gasteiger partial charge in [0, 0.05) is 19.1 Å². The molecular formula is C19H19N3O5. The first-order chi connectivity index (χ1) is 13.1. The lowest BCUT2D eigenvalue weighted by Gasteiger charge is -2.31. The van der Waals surface area contributed by atoms with E-state index in [0.717, 1.165) is 0 Å². The average molecular weight is 369 g/mol. The number of furan rings is 1. The fourth-order valence-electron chi connectivity index (χ4n) is 3.36. The lowest BCUT2D eigenvalue weighted by Crippen LogP contribution is -2.47. The van der Waals surface area contributed by atoms with Crippen molar-refractivity contribution in [3.05, 3.63) is 59.0 Å². The Balaban J connectivity index is 1.34. The minimum absolute atomic E-state index is 0.0352. The van der Waals surface area contributed by atoms with E-state index in [1.807, 2.05) is 0 Å². The highest BCUT2D eigenvalue weighted by Gasteiger charge is 2.26. The molecule has 0 spiro atoms. The van der Waals surface area contributed by atoms with Crippen LogP contribution in [-0.4, -0.2) is 40.4 Å². The molecule has 0 bridgehead atoms. The summed E-state index contributed by atoms with van der Waals surface area (Å²) in [5, 5.41) is 2.94. The predicted molar refractivity (Wildman–Crippen MR) is 96.3 cm³/mol. The zero-order valence-corrected chi connectivity index (χ0v) is 14.6. The predicted octanol–water partition coefficient (Wildman–Crippen LogP) is 1.61. The molecule has 0 saturated carbocycles. The van der Waals surface area contributed by atoms with Crippen LogP contribution >= 0.6 is 0 Å². The van der Waals surface area contributed by atoms with E-state index in [-0.39, 0.29) is 24.4 Å². The van der Waals surface area contributed by atoms with Crippen LogP contribution < -0.4 is 11.1 Å². The molecule has 1 N–H and O–H groups in total. The standard InChI is InChI=1S/C19H19N3O5/c23-17(12-22-14-4-1-2-5-15(14)27-19(22)25)20-13-7-9-21(10-8-13)18(24)16-6-3-11-26-16/h1-6,11,13H,7-10,12H2,(H,20,23). The highest BCUT2D eigenvalue weighted by atomic mass is 16.4. The van der Waals surface area contributed by atoms with Crippen LogP contribution in [0.4, 0.5) is 0 Å². The van der Waals surface area contributed by atoms with Crippen LogP contribution in [0.1, 0.15) is 23.4 Å². The summed E-state index contributed by atoms with van der Waals surface area (Å²) >= 11 is 0. The van der Waals surface area contributed by atoms with Crippen LogP contribution in [0.15, 0.2) is 56.3 Å². The Labute approximate surface area is 154 Å².